The lowest BCUT2D eigenvalue weighted by Crippen LogP contribution is -2.47. The van der Waals surface area contributed by atoms with Gasteiger partial charge in [0.05, 0.1) is 12.8 Å². The van der Waals surface area contributed by atoms with Crippen molar-refractivity contribution in [2.75, 3.05) is 43.0 Å². The van der Waals surface area contributed by atoms with Crippen LogP contribution in [0.2, 0.25) is 0 Å². The van der Waals surface area contributed by atoms with Crippen molar-refractivity contribution in [3.05, 3.63) is 35.5 Å². The van der Waals surface area contributed by atoms with Gasteiger partial charge in [0.2, 0.25) is 11.8 Å². The van der Waals surface area contributed by atoms with E-state index in [0.717, 1.165) is 45.0 Å². The van der Waals surface area contributed by atoms with E-state index in [1.807, 2.05) is 0 Å². The number of hydrogen-bond donors (Lipinski definition) is 1. The Morgan fingerprint density at radius 2 is 2.07 bits per heavy atom. The zero-order valence-electron chi connectivity index (χ0n) is 16.7. The van der Waals surface area contributed by atoms with Gasteiger partial charge in [0, 0.05) is 38.6 Å². The molecule has 5 rings (SSSR count). The van der Waals surface area contributed by atoms with Crippen LogP contribution in [0.5, 0.6) is 11.6 Å². The van der Waals surface area contributed by atoms with Gasteiger partial charge in [0.15, 0.2) is 6.10 Å². The molecule has 8 heteroatoms. The molecule has 2 unspecified atom stereocenters. The third-order valence-corrected chi connectivity index (χ3v) is 6.00. The molecule has 3 aliphatic rings. The van der Waals surface area contributed by atoms with E-state index in [4.69, 9.17) is 9.47 Å². The largest absolute Gasteiger partial charge is 0.493 e. The molecule has 0 spiro atoms. The van der Waals surface area contributed by atoms with Gasteiger partial charge in [-0.25, -0.2) is 4.98 Å². The summed E-state index contributed by atoms with van der Waals surface area (Å²) >= 11 is 0. The summed E-state index contributed by atoms with van der Waals surface area (Å²) < 4.78 is 11.3. The van der Waals surface area contributed by atoms with E-state index < -0.39 is 6.10 Å². The first-order valence-corrected chi connectivity index (χ1v) is 10.2. The number of nitrogens with zero attached hydrogens (tertiary/aromatic N) is 4. The highest BCUT2D eigenvalue weighted by molar-refractivity contribution is 5.96. The summed E-state index contributed by atoms with van der Waals surface area (Å²) in [7, 11) is 0. The molecule has 29 heavy (non-hydrogen) atoms. The lowest BCUT2D eigenvalue weighted by molar-refractivity contribution is -0.122. The molecule has 1 aromatic carbocycles. The number of carbonyl (C=O) groups excluding carboxylic acids is 1. The quantitative estimate of drug-likeness (QED) is 0.852. The maximum Gasteiger partial charge on any atom is 0.265 e. The van der Waals surface area contributed by atoms with Crippen LogP contribution >= 0.6 is 0 Å². The Morgan fingerprint density at radius 3 is 2.90 bits per heavy atom. The SMILES string of the molecule is CC1Oc2nc(N3CCN(C(C)c4ccc5c(c4)OCC5)CC3)ncc2NC1=O. The molecule has 1 fully saturated rings. The third-order valence-electron chi connectivity index (χ3n) is 6.00. The molecule has 0 bridgehead atoms. The van der Waals surface area contributed by atoms with Gasteiger partial charge >= 0.3 is 0 Å². The number of amides is 1. The molecule has 0 aliphatic carbocycles. The fourth-order valence-corrected chi connectivity index (χ4v) is 4.10. The Morgan fingerprint density at radius 1 is 1.24 bits per heavy atom. The number of fused-ring (bicyclic) bond motifs is 2. The van der Waals surface area contributed by atoms with Gasteiger partial charge in [-0.05, 0) is 31.0 Å². The van der Waals surface area contributed by atoms with Crippen molar-refractivity contribution >= 4 is 17.5 Å². The smallest absolute Gasteiger partial charge is 0.265 e. The van der Waals surface area contributed by atoms with E-state index in [0.29, 0.717) is 23.6 Å². The number of anilines is 2. The van der Waals surface area contributed by atoms with E-state index in [-0.39, 0.29) is 5.91 Å². The topological polar surface area (TPSA) is 79.8 Å². The number of carbonyl (C=O) groups is 1. The molecule has 152 valence electrons. The summed E-state index contributed by atoms with van der Waals surface area (Å²) in [6.07, 6.45) is 2.09. The maximum atomic E-state index is 11.7. The van der Waals surface area contributed by atoms with E-state index >= 15 is 0 Å². The predicted molar refractivity (Wildman–Crippen MR) is 109 cm³/mol. The van der Waals surface area contributed by atoms with Crippen molar-refractivity contribution in [3.63, 3.8) is 0 Å². The summed E-state index contributed by atoms with van der Waals surface area (Å²) in [4.78, 5) is 25.3. The van der Waals surface area contributed by atoms with Crippen molar-refractivity contribution in [2.24, 2.45) is 0 Å². The zero-order valence-corrected chi connectivity index (χ0v) is 16.7. The number of hydrogen-bond acceptors (Lipinski definition) is 7. The third kappa shape index (κ3) is 3.37. The van der Waals surface area contributed by atoms with Gasteiger partial charge in [-0.3, -0.25) is 9.69 Å². The second-order valence-electron chi connectivity index (χ2n) is 7.80. The van der Waals surface area contributed by atoms with Crippen LogP contribution in [0.4, 0.5) is 11.6 Å². The second kappa shape index (κ2) is 7.18. The molecule has 1 amide bonds. The maximum absolute atomic E-state index is 11.7. The lowest BCUT2D eigenvalue weighted by Gasteiger charge is -2.38. The fraction of sp³-hybridized carbons (Fsp3) is 0.476. The fourth-order valence-electron chi connectivity index (χ4n) is 4.10. The summed E-state index contributed by atoms with van der Waals surface area (Å²) in [5, 5.41) is 2.77. The minimum absolute atomic E-state index is 0.173. The molecule has 8 nitrogen and oxygen atoms in total. The number of aromatic nitrogens is 2. The second-order valence-corrected chi connectivity index (χ2v) is 7.80. The first-order valence-electron chi connectivity index (χ1n) is 10.2. The lowest BCUT2D eigenvalue weighted by atomic mass is 10.0. The van der Waals surface area contributed by atoms with Gasteiger partial charge in [-0.2, -0.15) is 4.98 Å². The molecule has 2 atom stereocenters. The van der Waals surface area contributed by atoms with Crippen LogP contribution in [-0.2, 0) is 11.2 Å². The van der Waals surface area contributed by atoms with Crippen molar-refractivity contribution in [1.82, 2.24) is 14.9 Å². The predicted octanol–water partition coefficient (Wildman–Crippen LogP) is 2.01. The number of rotatable bonds is 3. The van der Waals surface area contributed by atoms with E-state index in [1.165, 1.54) is 11.1 Å². The summed E-state index contributed by atoms with van der Waals surface area (Å²) in [6.45, 7) is 8.28. The molecular formula is C21H25N5O3. The number of nitrogens with one attached hydrogen (secondary N) is 1. The Kier molecular flexibility index (Phi) is 4.50. The highest BCUT2D eigenvalue weighted by Gasteiger charge is 2.28. The average Bonchev–Trinajstić information content (AvgIpc) is 3.22. The first kappa shape index (κ1) is 18.2. The molecular weight excluding hydrogens is 370 g/mol. The van der Waals surface area contributed by atoms with Crippen LogP contribution in [0.3, 0.4) is 0 Å². The van der Waals surface area contributed by atoms with Crippen LogP contribution in [-0.4, -0.2) is 59.7 Å². The van der Waals surface area contributed by atoms with Gasteiger partial charge in [0.25, 0.3) is 5.91 Å². The van der Waals surface area contributed by atoms with Gasteiger partial charge in [-0.15, -0.1) is 0 Å². The number of ether oxygens (including phenoxy) is 2. The first-order chi connectivity index (χ1) is 14.1. The van der Waals surface area contributed by atoms with Gasteiger partial charge < -0.3 is 19.7 Å². The van der Waals surface area contributed by atoms with E-state index in [1.54, 1.807) is 13.1 Å². The molecule has 2 aromatic rings. The Bertz CT molecular complexity index is 942. The Hall–Kier alpha value is -2.87. The molecule has 0 saturated carbocycles. The molecule has 3 aliphatic heterocycles. The van der Waals surface area contributed by atoms with Gasteiger partial charge in [-0.1, -0.05) is 12.1 Å². The van der Waals surface area contributed by atoms with Crippen molar-refractivity contribution < 1.29 is 14.3 Å². The van der Waals surface area contributed by atoms with E-state index in [2.05, 4.69) is 50.2 Å². The standard InChI is InChI=1S/C21H25N5O3/c1-13(16-4-3-15-5-10-28-18(15)11-16)25-6-8-26(9-7-25)21-22-12-17-20(24-21)29-14(2)19(27)23-17/h3-4,11-14H,5-10H2,1-2H3,(H,23,27). The number of piperazine rings is 1. The highest BCUT2D eigenvalue weighted by atomic mass is 16.5. The van der Waals surface area contributed by atoms with Crippen LogP contribution < -0.4 is 19.7 Å². The molecule has 1 saturated heterocycles. The minimum Gasteiger partial charge on any atom is -0.493 e. The van der Waals surface area contributed by atoms with Crippen LogP contribution in [0.25, 0.3) is 0 Å². The molecule has 1 aromatic heterocycles. The van der Waals surface area contributed by atoms with Crippen molar-refractivity contribution in [1.29, 1.82) is 0 Å². The molecule has 0 radical (unpaired) electrons. The van der Waals surface area contributed by atoms with Crippen LogP contribution in [0, 0.1) is 0 Å². The van der Waals surface area contributed by atoms with E-state index in [9.17, 15) is 4.79 Å². The van der Waals surface area contributed by atoms with Crippen LogP contribution in [0.1, 0.15) is 31.0 Å². The monoisotopic (exact) mass is 395 g/mol. The molecule has 1 N–H and O–H groups in total. The highest BCUT2D eigenvalue weighted by Crippen LogP contribution is 2.32. The van der Waals surface area contributed by atoms with Gasteiger partial charge in [0.1, 0.15) is 11.4 Å². The average molecular weight is 395 g/mol. The van der Waals surface area contributed by atoms with Crippen molar-refractivity contribution in [3.8, 4) is 11.6 Å². The van der Waals surface area contributed by atoms with Crippen LogP contribution in [0.15, 0.2) is 24.4 Å². The Balaban J connectivity index is 1.25. The Labute approximate surface area is 169 Å². The summed E-state index contributed by atoms with van der Waals surface area (Å²) in [5.74, 6) is 1.95. The number of benzene rings is 1. The minimum atomic E-state index is -0.542. The summed E-state index contributed by atoms with van der Waals surface area (Å²) in [6, 6.07) is 6.95. The summed E-state index contributed by atoms with van der Waals surface area (Å²) in [5.41, 5.74) is 3.13. The normalized spacial score (nSPS) is 22.2. The zero-order chi connectivity index (χ0) is 20.0. The van der Waals surface area contributed by atoms with Crippen molar-refractivity contribution in [2.45, 2.75) is 32.4 Å². The molecule has 4 heterocycles.